The summed E-state index contributed by atoms with van der Waals surface area (Å²) in [4.78, 5) is 27.1. The van der Waals surface area contributed by atoms with Crippen molar-refractivity contribution < 1.29 is 14.3 Å². The highest BCUT2D eigenvalue weighted by Crippen LogP contribution is 2.32. The second-order valence-corrected chi connectivity index (χ2v) is 8.70. The maximum atomic E-state index is 12.8. The van der Waals surface area contributed by atoms with Gasteiger partial charge in [-0.3, -0.25) is 4.79 Å². The van der Waals surface area contributed by atoms with Gasteiger partial charge >= 0.3 is 5.97 Å². The molecule has 0 radical (unpaired) electrons. The van der Waals surface area contributed by atoms with Crippen molar-refractivity contribution in [2.45, 2.75) is 39.2 Å². The van der Waals surface area contributed by atoms with Crippen LogP contribution in [0.25, 0.3) is 10.9 Å². The standard InChI is InChI=1S/C23H22N2O3S/c1-15-7-8-21-16(11-15)12-22(29-21)23(27)28-14-20(26)18-13-25(10-4-9-24)19-6-3-2-5-17(18)19/h2-3,5-6,12-13,15H,4,7-8,10-11,14H2,1H3/t15-/m1/s1. The highest BCUT2D eigenvalue weighted by molar-refractivity contribution is 7.14. The number of ether oxygens (including phenoxy) is 1. The van der Waals surface area contributed by atoms with Crippen molar-refractivity contribution in [3.05, 3.63) is 57.4 Å². The molecule has 3 aromatic rings. The van der Waals surface area contributed by atoms with Gasteiger partial charge in [0.1, 0.15) is 4.88 Å². The molecule has 0 bridgehead atoms. The number of rotatable bonds is 6. The number of thiophene rings is 1. The van der Waals surface area contributed by atoms with Gasteiger partial charge in [-0.25, -0.2) is 4.79 Å². The Kier molecular flexibility index (Phi) is 5.50. The van der Waals surface area contributed by atoms with Crippen molar-refractivity contribution in [1.82, 2.24) is 4.57 Å². The first-order chi connectivity index (χ1) is 14.1. The smallest absolute Gasteiger partial charge is 0.348 e. The number of para-hydroxylation sites is 1. The van der Waals surface area contributed by atoms with Crippen LogP contribution >= 0.6 is 11.3 Å². The van der Waals surface area contributed by atoms with Gasteiger partial charge in [0, 0.05) is 34.1 Å². The van der Waals surface area contributed by atoms with Crippen molar-refractivity contribution in [2.24, 2.45) is 5.92 Å². The second-order valence-electron chi connectivity index (χ2n) is 7.57. The Bertz CT molecular complexity index is 1120. The molecule has 0 aliphatic heterocycles. The van der Waals surface area contributed by atoms with Gasteiger partial charge in [-0.1, -0.05) is 25.1 Å². The Morgan fingerprint density at radius 3 is 3.00 bits per heavy atom. The van der Waals surface area contributed by atoms with E-state index in [0.29, 0.717) is 29.3 Å². The monoisotopic (exact) mass is 406 g/mol. The molecular formula is C23H22N2O3S. The van der Waals surface area contributed by atoms with E-state index >= 15 is 0 Å². The van der Waals surface area contributed by atoms with Gasteiger partial charge in [-0.2, -0.15) is 5.26 Å². The summed E-state index contributed by atoms with van der Waals surface area (Å²) in [7, 11) is 0. The summed E-state index contributed by atoms with van der Waals surface area (Å²) in [6.07, 6.45) is 5.28. The Labute approximate surface area is 173 Å². The molecule has 0 N–H and O–H groups in total. The van der Waals surface area contributed by atoms with Crippen molar-refractivity contribution in [2.75, 3.05) is 6.61 Å². The number of hydrogen-bond acceptors (Lipinski definition) is 5. The summed E-state index contributed by atoms with van der Waals surface area (Å²) in [5.74, 6) is -0.0280. The first-order valence-corrected chi connectivity index (χ1v) is 10.6. The molecule has 0 fully saturated rings. The van der Waals surface area contributed by atoms with Gasteiger partial charge < -0.3 is 9.30 Å². The summed E-state index contributed by atoms with van der Waals surface area (Å²) in [5, 5.41) is 9.67. The summed E-state index contributed by atoms with van der Waals surface area (Å²) in [5.41, 5.74) is 2.66. The fourth-order valence-electron chi connectivity index (χ4n) is 3.91. The number of carbonyl (C=O) groups is 2. The fourth-order valence-corrected chi connectivity index (χ4v) is 5.01. The first-order valence-electron chi connectivity index (χ1n) is 9.83. The number of esters is 1. The molecule has 1 aliphatic rings. The predicted octanol–water partition coefficient (Wildman–Crippen LogP) is 4.78. The largest absolute Gasteiger partial charge is 0.453 e. The van der Waals surface area contributed by atoms with Crippen LogP contribution in [0.5, 0.6) is 0 Å². The lowest BCUT2D eigenvalue weighted by atomic mass is 9.90. The Hall–Kier alpha value is -2.91. The van der Waals surface area contributed by atoms with E-state index in [1.54, 1.807) is 6.20 Å². The van der Waals surface area contributed by atoms with Crippen molar-refractivity contribution in [1.29, 1.82) is 5.26 Å². The van der Waals surface area contributed by atoms with E-state index in [-0.39, 0.29) is 12.4 Å². The molecule has 29 heavy (non-hydrogen) atoms. The minimum absolute atomic E-state index is 0.236. The number of aryl methyl sites for hydroxylation is 2. The van der Waals surface area contributed by atoms with Crippen molar-refractivity contribution in [3.63, 3.8) is 0 Å². The average Bonchev–Trinajstić information content (AvgIpc) is 3.31. The molecule has 1 aliphatic carbocycles. The van der Waals surface area contributed by atoms with E-state index in [9.17, 15) is 9.59 Å². The van der Waals surface area contributed by atoms with Gasteiger partial charge in [-0.15, -0.1) is 11.3 Å². The zero-order valence-corrected chi connectivity index (χ0v) is 17.1. The number of nitriles is 1. The Balaban J connectivity index is 1.47. The topological polar surface area (TPSA) is 72.1 Å². The molecule has 1 atom stereocenters. The first kappa shape index (κ1) is 19.4. The van der Waals surface area contributed by atoms with Crippen LogP contribution in [-0.4, -0.2) is 22.9 Å². The molecule has 1 aromatic carbocycles. The minimum atomic E-state index is -0.432. The molecule has 5 nitrogen and oxygen atoms in total. The highest BCUT2D eigenvalue weighted by atomic mass is 32.1. The molecular weight excluding hydrogens is 384 g/mol. The average molecular weight is 407 g/mol. The number of Topliss-reactive ketones (excluding diaryl/α,β-unsaturated/α-hetero) is 1. The van der Waals surface area contributed by atoms with Crippen LogP contribution in [0, 0.1) is 17.2 Å². The lowest BCUT2D eigenvalue weighted by molar-refractivity contribution is 0.0480. The summed E-state index contributed by atoms with van der Waals surface area (Å²) in [6.45, 7) is 2.46. The number of benzene rings is 1. The third kappa shape index (κ3) is 3.96. The van der Waals surface area contributed by atoms with Gasteiger partial charge in [-0.05, 0) is 42.9 Å². The van der Waals surface area contributed by atoms with Gasteiger partial charge in [0.2, 0.25) is 5.78 Å². The lowest BCUT2D eigenvalue weighted by Crippen LogP contribution is -2.13. The number of hydrogen-bond donors (Lipinski definition) is 0. The number of aromatic nitrogens is 1. The van der Waals surface area contributed by atoms with E-state index in [4.69, 9.17) is 10.00 Å². The zero-order valence-electron chi connectivity index (χ0n) is 16.3. The van der Waals surface area contributed by atoms with Gasteiger partial charge in [0.05, 0.1) is 12.5 Å². The molecule has 0 saturated carbocycles. The quantitative estimate of drug-likeness (QED) is 0.436. The Morgan fingerprint density at radius 2 is 2.17 bits per heavy atom. The summed E-state index contributed by atoms with van der Waals surface area (Å²) >= 11 is 1.49. The molecule has 2 aromatic heterocycles. The SMILES string of the molecule is C[C@@H]1CCc2sc(C(=O)OCC(=O)c3cn(CCC#N)c4ccccc34)cc2C1. The van der Waals surface area contributed by atoms with Crippen LogP contribution in [0.4, 0.5) is 0 Å². The number of nitrogens with zero attached hydrogens (tertiary/aromatic N) is 2. The van der Waals surface area contributed by atoms with Crippen molar-refractivity contribution in [3.8, 4) is 6.07 Å². The molecule has 0 unspecified atom stereocenters. The summed E-state index contributed by atoms with van der Waals surface area (Å²) < 4.78 is 7.25. The molecule has 0 amide bonds. The van der Waals surface area contributed by atoms with Crippen LogP contribution in [0.1, 0.15) is 50.2 Å². The van der Waals surface area contributed by atoms with E-state index in [0.717, 1.165) is 30.2 Å². The molecule has 6 heteroatoms. The molecule has 2 heterocycles. The highest BCUT2D eigenvalue weighted by Gasteiger charge is 2.22. The third-order valence-electron chi connectivity index (χ3n) is 5.42. The maximum Gasteiger partial charge on any atom is 0.348 e. The fraction of sp³-hybridized carbons (Fsp3) is 0.348. The normalized spacial score (nSPS) is 15.7. The maximum absolute atomic E-state index is 12.8. The van der Waals surface area contributed by atoms with Crippen LogP contribution in [0.2, 0.25) is 0 Å². The van der Waals surface area contributed by atoms with E-state index in [1.165, 1.54) is 21.8 Å². The van der Waals surface area contributed by atoms with E-state index in [2.05, 4.69) is 13.0 Å². The zero-order chi connectivity index (χ0) is 20.4. The van der Waals surface area contributed by atoms with Crippen LogP contribution < -0.4 is 0 Å². The third-order valence-corrected chi connectivity index (χ3v) is 6.64. The van der Waals surface area contributed by atoms with Crippen LogP contribution in [0.3, 0.4) is 0 Å². The predicted molar refractivity (Wildman–Crippen MR) is 112 cm³/mol. The van der Waals surface area contributed by atoms with Crippen LogP contribution in [0.15, 0.2) is 36.5 Å². The van der Waals surface area contributed by atoms with Crippen molar-refractivity contribution >= 4 is 34.0 Å². The second kappa shape index (κ2) is 8.22. The van der Waals surface area contributed by atoms with Gasteiger partial charge in [0.25, 0.3) is 0 Å². The summed E-state index contributed by atoms with van der Waals surface area (Å²) in [6, 6.07) is 11.6. The molecule has 0 spiro atoms. The number of ketones is 1. The van der Waals surface area contributed by atoms with Gasteiger partial charge in [0.15, 0.2) is 6.61 Å². The number of carbonyl (C=O) groups excluding carboxylic acids is 2. The molecule has 148 valence electrons. The number of fused-ring (bicyclic) bond motifs is 2. The minimum Gasteiger partial charge on any atom is -0.453 e. The molecule has 0 saturated heterocycles. The Morgan fingerprint density at radius 1 is 1.34 bits per heavy atom. The van der Waals surface area contributed by atoms with E-state index in [1.807, 2.05) is 34.9 Å². The lowest BCUT2D eigenvalue weighted by Gasteiger charge is -2.16. The van der Waals surface area contributed by atoms with Crippen LogP contribution in [-0.2, 0) is 24.1 Å². The van der Waals surface area contributed by atoms with E-state index < -0.39 is 5.97 Å². The molecule has 4 rings (SSSR count).